The van der Waals surface area contributed by atoms with Gasteiger partial charge in [0.25, 0.3) is 0 Å². The zero-order valence-corrected chi connectivity index (χ0v) is 12.3. The summed E-state index contributed by atoms with van der Waals surface area (Å²) in [6.07, 6.45) is 0.451. The molecule has 106 valence electrons. The van der Waals surface area contributed by atoms with Crippen LogP contribution in [-0.4, -0.2) is 18.3 Å². The van der Waals surface area contributed by atoms with Crippen molar-refractivity contribution in [1.29, 1.82) is 0 Å². The number of hydrogen-bond donors (Lipinski definition) is 1. The molecule has 4 nitrogen and oxygen atoms in total. The van der Waals surface area contributed by atoms with Gasteiger partial charge in [-0.05, 0) is 38.5 Å². The van der Waals surface area contributed by atoms with Crippen molar-refractivity contribution in [2.75, 3.05) is 6.61 Å². The van der Waals surface area contributed by atoms with E-state index in [1.165, 1.54) is 0 Å². The molecule has 1 N–H and O–H groups in total. The highest BCUT2D eigenvalue weighted by molar-refractivity contribution is 5.85. The second kappa shape index (κ2) is 6.15. The molecule has 19 heavy (non-hydrogen) atoms. The Morgan fingerprint density at radius 2 is 1.89 bits per heavy atom. The van der Waals surface area contributed by atoms with Crippen LogP contribution in [0.3, 0.4) is 0 Å². The number of carbonyl (C=O) groups is 1. The molecule has 1 saturated heterocycles. The second-order valence-electron chi connectivity index (χ2n) is 5.40. The Labute approximate surface area is 119 Å². The molecule has 0 saturated carbocycles. The third-order valence-corrected chi connectivity index (χ3v) is 2.64. The first-order valence-electron chi connectivity index (χ1n) is 6.16. The Balaban J connectivity index is 0.00000180. The molecule has 1 aromatic rings. The summed E-state index contributed by atoms with van der Waals surface area (Å²) in [4.78, 5) is 11.1. The van der Waals surface area contributed by atoms with Gasteiger partial charge in [0.2, 0.25) is 0 Å². The van der Waals surface area contributed by atoms with Gasteiger partial charge in [-0.2, -0.15) is 0 Å². The standard InChI is InChI=1S/C14H19NO3.ClH/c1-14(2,3)18-11-6-4-10(5-7-11)12-8-9-17-13(16)15-12;/h4-7,12H,8-9H2,1-3H3,(H,15,16);1H/t12-;/m1./s1. The fourth-order valence-corrected chi connectivity index (χ4v) is 1.90. The lowest BCUT2D eigenvalue weighted by molar-refractivity contribution is 0.115. The van der Waals surface area contributed by atoms with E-state index in [1.807, 2.05) is 45.0 Å². The number of carbonyl (C=O) groups excluding carboxylic acids is 1. The van der Waals surface area contributed by atoms with E-state index >= 15 is 0 Å². The fourth-order valence-electron chi connectivity index (χ4n) is 1.90. The van der Waals surface area contributed by atoms with E-state index in [2.05, 4.69) is 5.32 Å². The highest BCUT2D eigenvalue weighted by Gasteiger charge is 2.20. The lowest BCUT2D eigenvalue weighted by Crippen LogP contribution is -2.35. The first kappa shape index (κ1) is 15.6. The summed E-state index contributed by atoms with van der Waals surface area (Å²) in [7, 11) is 0. The molecule has 1 aromatic carbocycles. The summed E-state index contributed by atoms with van der Waals surface area (Å²) in [5.74, 6) is 0.838. The third-order valence-electron chi connectivity index (χ3n) is 2.64. The zero-order chi connectivity index (χ0) is 13.2. The van der Waals surface area contributed by atoms with Crippen LogP contribution in [0.2, 0.25) is 0 Å². The molecular formula is C14H20ClNO3. The number of cyclic esters (lactones) is 1. The van der Waals surface area contributed by atoms with E-state index in [9.17, 15) is 4.79 Å². The van der Waals surface area contributed by atoms with Gasteiger partial charge in [-0.3, -0.25) is 0 Å². The molecule has 1 aliphatic rings. The first-order valence-corrected chi connectivity index (χ1v) is 6.16. The maximum absolute atomic E-state index is 11.1. The molecule has 0 aromatic heterocycles. The highest BCUT2D eigenvalue weighted by atomic mass is 35.5. The third kappa shape index (κ3) is 4.63. The van der Waals surface area contributed by atoms with Gasteiger partial charge in [0, 0.05) is 6.42 Å². The normalized spacial score (nSPS) is 18.9. The fraction of sp³-hybridized carbons (Fsp3) is 0.500. The lowest BCUT2D eigenvalue weighted by Gasteiger charge is -2.25. The Bertz CT molecular complexity index is 425. The average molecular weight is 286 g/mol. The minimum atomic E-state index is -0.346. The molecule has 2 rings (SSSR count). The Morgan fingerprint density at radius 3 is 2.42 bits per heavy atom. The van der Waals surface area contributed by atoms with E-state index in [4.69, 9.17) is 9.47 Å². The van der Waals surface area contributed by atoms with Gasteiger partial charge in [0.05, 0.1) is 12.6 Å². The van der Waals surface area contributed by atoms with Crippen molar-refractivity contribution in [1.82, 2.24) is 5.32 Å². The van der Waals surface area contributed by atoms with Crippen LogP contribution in [0.5, 0.6) is 5.75 Å². The molecule has 0 unspecified atom stereocenters. The van der Waals surface area contributed by atoms with Crippen molar-refractivity contribution < 1.29 is 14.3 Å². The molecule has 0 spiro atoms. The van der Waals surface area contributed by atoms with Gasteiger partial charge in [-0.25, -0.2) is 4.79 Å². The van der Waals surface area contributed by atoms with Crippen molar-refractivity contribution in [3.8, 4) is 5.75 Å². The van der Waals surface area contributed by atoms with E-state index in [0.29, 0.717) is 6.61 Å². The zero-order valence-electron chi connectivity index (χ0n) is 11.4. The van der Waals surface area contributed by atoms with Crippen LogP contribution < -0.4 is 10.1 Å². The maximum atomic E-state index is 11.1. The van der Waals surface area contributed by atoms with Crippen LogP contribution in [-0.2, 0) is 4.74 Å². The topological polar surface area (TPSA) is 47.6 Å². The minimum absolute atomic E-state index is 0. The van der Waals surface area contributed by atoms with Crippen molar-refractivity contribution in [2.45, 2.75) is 38.8 Å². The molecule has 1 heterocycles. The van der Waals surface area contributed by atoms with Crippen LogP contribution in [0, 0.1) is 0 Å². The number of ether oxygens (including phenoxy) is 2. The summed E-state index contributed by atoms with van der Waals surface area (Å²) in [5.41, 5.74) is 0.877. The summed E-state index contributed by atoms with van der Waals surface area (Å²) < 4.78 is 10.6. The minimum Gasteiger partial charge on any atom is -0.488 e. The van der Waals surface area contributed by atoms with Crippen molar-refractivity contribution >= 4 is 18.5 Å². The second-order valence-corrected chi connectivity index (χ2v) is 5.40. The van der Waals surface area contributed by atoms with Gasteiger partial charge in [0.15, 0.2) is 0 Å². The molecule has 0 aliphatic carbocycles. The van der Waals surface area contributed by atoms with Gasteiger partial charge >= 0.3 is 6.09 Å². The Hall–Kier alpha value is -1.42. The summed E-state index contributed by atoms with van der Waals surface area (Å²) >= 11 is 0. The van der Waals surface area contributed by atoms with Crippen molar-refractivity contribution in [2.24, 2.45) is 0 Å². The predicted molar refractivity (Wildman–Crippen MR) is 75.9 cm³/mol. The average Bonchev–Trinajstić information content (AvgIpc) is 2.28. The number of alkyl carbamates (subject to hydrolysis) is 1. The predicted octanol–water partition coefficient (Wildman–Crippen LogP) is 3.46. The highest BCUT2D eigenvalue weighted by Crippen LogP contribution is 2.24. The Morgan fingerprint density at radius 1 is 1.26 bits per heavy atom. The van der Waals surface area contributed by atoms with Crippen LogP contribution >= 0.6 is 12.4 Å². The van der Waals surface area contributed by atoms with Crippen molar-refractivity contribution in [3.05, 3.63) is 29.8 Å². The van der Waals surface area contributed by atoms with Gasteiger partial charge in [-0.1, -0.05) is 12.1 Å². The van der Waals surface area contributed by atoms with Crippen LogP contribution in [0.4, 0.5) is 4.79 Å². The molecule has 1 atom stereocenters. The number of rotatable bonds is 2. The largest absolute Gasteiger partial charge is 0.488 e. The lowest BCUT2D eigenvalue weighted by atomic mass is 10.0. The van der Waals surface area contributed by atoms with E-state index < -0.39 is 0 Å². The monoisotopic (exact) mass is 285 g/mol. The molecule has 0 bridgehead atoms. The molecule has 1 aliphatic heterocycles. The van der Waals surface area contributed by atoms with Gasteiger partial charge in [0.1, 0.15) is 11.4 Å². The molecule has 1 fully saturated rings. The van der Waals surface area contributed by atoms with Gasteiger partial charge in [-0.15, -0.1) is 12.4 Å². The van der Waals surface area contributed by atoms with Crippen LogP contribution in [0.15, 0.2) is 24.3 Å². The van der Waals surface area contributed by atoms with Crippen molar-refractivity contribution in [3.63, 3.8) is 0 Å². The number of hydrogen-bond acceptors (Lipinski definition) is 3. The SMILES string of the molecule is CC(C)(C)Oc1ccc([C@H]2CCOC(=O)N2)cc1.Cl. The van der Waals surface area contributed by atoms with Crippen LogP contribution in [0.25, 0.3) is 0 Å². The smallest absolute Gasteiger partial charge is 0.407 e. The summed E-state index contributed by atoms with van der Waals surface area (Å²) in [6, 6.07) is 7.87. The number of benzene rings is 1. The first-order chi connectivity index (χ1) is 8.44. The van der Waals surface area contributed by atoms with Crippen LogP contribution in [0.1, 0.15) is 38.8 Å². The Kier molecular flexibility index (Phi) is 5.06. The molecular weight excluding hydrogens is 266 g/mol. The molecule has 5 heteroatoms. The summed E-state index contributed by atoms with van der Waals surface area (Å²) in [5, 5.41) is 2.80. The number of nitrogens with one attached hydrogen (secondary N) is 1. The molecule has 1 amide bonds. The number of halogens is 1. The van der Waals surface area contributed by atoms with Gasteiger partial charge < -0.3 is 14.8 Å². The number of amides is 1. The maximum Gasteiger partial charge on any atom is 0.407 e. The quantitative estimate of drug-likeness (QED) is 0.905. The molecule has 0 radical (unpaired) electrons. The van der Waals surface area contributed by atoms with E-state index in [-0.39, 0.29) is 30.1 Å². The van der Waals surface area contributed by atoms with E-state index in [0.717, 1.165) is 17.7 Å². The van der Waals surface area contributed by atoms with E-state index in [1.54, 1.807) is 0 Å². The summed E-state index contributed by atoms with van der Waals surface area (Å²) in [6.45, 7) is 6.51.